The third-order valence-electron chi connectivity index (χ3n) is 1.73. The monoisotopic (exact) mass is 205 g/mol. The molecular formula is C10H11N3O2. The molecule has 0 saturated heterocycles. The number of anilines is 1. The van der Waals surface area contributed by atoms with E-state index in [-0.39, 0.29) is 11.4 Å². The van der Waals surface area contributed by atoms with Gasteiger partial charge >= 0.3 is 0 Å². The summed E-state index contributed by atoms with van der Waals surface area (Å²) >= 11 is 0. The van der Waals surface area contributed by atoms with E-state index in [4.69, 9.17) is 11.5 Å². The highest BCUT2D eigenvalue weighted by Gasteiger charge is 2.10. The minimum absolute atomic E-state index is 0.116. The van der Waals surface area contributed by atoms with Crippen LogP contribution in [-0.2, 0) is 0 Å². The Bertz CT molecular complexity index is 432. The molecule has 0 aliphatic carbocycles. The van der Waals surface area contributed by atoms with Gasteiger partial charge in [0.05, 0.1) is 4.92 Å². The van der Waals surface area contributed by atoms with Gasteiger partial charge in [-0.2, -0.15) is 0 Å². The van der Waals surface area contributed by atoms with Crippen LogP contribution in [0, 0.1) is 22.0 Å². The number of nitrogens with two attached hydrogens (primary N) is 2. The molecule has 0 amide bonds. The zero-order valence-electron chi connectivity index (χ0n) is 8.06. The van der Waals surface area contributed by atoms with E-state index >= 15 is 0 Å². The Balaban J connectivity index is 2.99. The first-order valence-electron chi connectivity index (χ1n) is 4.38. The van der Waals surface area contributed by atoms with Crippen molar-refractivity contribution in [2.45, 2.75) is 6.42 Å². The second-order valence-corrected chi connectivity index (χ2v) is 2.87. The van der Waals surface area contributed by atoms with Crippen LogP contribution < -0.4 is 11.5 Å². The molecule has 4 N–H and O–H groups in total. The molecule has 0 radical (unpaired) electrons. The molecule has 5 nitrogen and oxygen atoms in total. The number of hydrogen-bond acceptors (Lipinski definition) is 4. The number of hydrogen-bond donors (Lipinski definition) is 2. The minimum Gasteiger partial charge on any atom is -0.393 e. The van der Waals surface area contributed by atoms with Crippen molar-refractivity contribution < 1.29 is 4.92 Å². The van der Waals surface area contributed by atoms with Crippen LogP contribution in [0.3, 0.4) is 0 Å². The molecule has 0 aliphatic rings. The van der Waals surface area contributed by atoms with E-state index in [0.717, 1.165) is 0 Å². The fourth-order valence-electron chi connectivity index (χ4n) is 1.02. The summed E-state index contributed by atoms with van der Waals surface area (Å²) in [5.41, 5.74) is 11.3. The summed E-state index contributed by atoms with van der Waals surface area (Å²) in [5, 5.41) is 10.6. The van der Waals surface area contributed by atoms with Crippen molar-refractivity contribution in [3.63, 3.8) is 0 Å². The maximum absolute atomic E-state index is 10.6. The van der Waals surface area contributed by atoms with Crippen LogP contribution in [0.4, 0.5) is 11.4 Å². The van der Waals surface area contributed by atoms with E-state index in [9.17, 15) is 10.1 Å². The number of nitrogens with zero attached hydrogens (tertiary/aromatic N) is 1. The second-order valence-electron chi connectivity index (χ2n) is 2.87. The fraction of sp³-hybridized carbons (Fsp3) is 0.200. The molecule has 0 aromatic heterocycles. The number of nitrogen functional groups attached to an aromatic ring is 1. The molecule has 5 heteroatoms. The van der Waals surface area contributed by atoms with E-state index in [1.54, 1.807) is 6.07 Å². The van der Waals surface area contributed by atoms with Crippen LogP contribution in [0.1, 0.15) is 12.0 Å². The van der Waals surface area contributed by atoms with E-state index in [0.29, 0.717) is 18.5 Å². The highest BCUT2D eigenvalue weighted by Crippen LogP contribution is 2.21. The van der Waals surface area contributed by atoms with Gasteiger partial charge in [0.1, 0.15) is 5.69 Å². The predicted molar refractivity (Wildman–Crippen MR) is 58.1 cm³/mol. The van der Waals surface area contributed by atoms with Gasteiger partial charge in [0.15, 0.2) is 0 Å². The van der Waals surface area contributed by atoms with Crippen molar-refractivity contribution in [3.8, 4) is 11.8 Å². The zero-order chi connectivity index (χ0) is 11.3. The molecule has 0 heterocycles. The van der Waals surface area contributed by atoms with Gasteiger partial charge in [-0.25, -0.2) is 0 Å². The molecule has 78 valence electrons. The first kappa shape index (κ1) is 11.0. The number of benzene rings is 1. The van der Waals surface area contributed by atoms with E-state index < -0.39 is 4.92 Å². The average Bonchev–Trinajstić information content (AvgIpc) is 2.20. The van der Waals surface area contributed by atoms with Gasteiger partial charge in [-0.05, 0) is 12.1 Å². The van der Waals surface area contributed by atoms with Crippen LogP contribution in [0.2, 0.25) is 0 Å². The summed E-state index contributed by atoms with van der Waals surface area (Å²) in [6.07, 6.45) is 0.568. The summed E-state index contributed by atoms with van der Waals surface area (Å²) in [6, 6.07) is 4.48. The molecule has 0 atom stereocenters. The van der Waals surface area contributed by atoms with Crippen LogP contribution >= 0.6 is 0 Å². The summed E-state index contributed by atoms with van der Waals surface area (Å²) in [6.45, 7) is 0.476. The molecule has 0 bridgehead atoms. The average molecular weight is 205 g/mol. The number of rotatable bonds is 2. The van der Waals surface area contributed by atoms with Gasteiger partial charge < -0.3 is 11.5 Å². The second kappa shape index (κ2) is 4.98. The Morgan fingerprint density at radius 3 is 2.80 bits per heavy atom. The molecule has 15 heavy (non-hydrogen) atoms. The normalized spacial score (nSPS) is 9.13. The third kappa shape index (κ3) is 2.97. The van der Waals surface area contributed by atoms with E-state index in [2.05, 4.69) is 11.8 Å². The van der Waals surface area contributed by atoms with Crippen molar-refractivity contribution in [1.82, 2.24) is 0 Å². The lowest BCUT2D eigenvalue weighted by Crippen LogP contribution is -1.96. The summed E-state index contributed by atoms with van der Waals surface area (Å²) < 4.78 is 0. The van der Waals surface area contributed by atoms with Crippen LogP contribution in [-0.4, -0.2) is 11.5 Å². The molecule has 0 spiro atoms. The molecule has 1 aromatic carbocycles. The lowest BCUT2D eigenvalue weighted by Gasteiger charge is -1.96. The Morgan fingerprint density at radius 2 is 2.20 bits per heavy atom. The maximum atomic E-state index is 10.6. The smallest absolute Gasteiger partial charge is 0.293 e. The topological polar surface area (TPSA) is 95.2 Å². The highest BCUT2D eigenvalue weighted by atomic mass is 16.6. The minimum atomic E-state index is -0.524. The lowest BCUT2D eigenvalue weighted by molar-refractivity contribution is -0.383. The molecule has 0 saturated carbocycles. The largest absolute Gasteiger partial charge is 0.393 e. The third-order valence-corrected chi connectivity index (χ3v) is 1.73. The highest BCUT2D eigenvalue weighted by molar-refractivity contribution is 5.61. The Morgan fingerprint density at radius 1 is 1.47 bits per heavy atom. The predicted octanol–water partition coefficient (Wildman–Crippen LogP) is 0.877. The summed E-state index contributed by atoms with van der Waals surface area (Å²) in [7, 11) is 0. The Kier molecular flexibility index (Phi) is 3.66. The van der Waals surface area contributed by atoms with Crippen molar-refractivity contribution >= 4 is 11.4 Å². The van der Waals surface area contributed by atoms with Crippen molar-refractivity contribution in [3.05, 3.63) is 33.9 Å². The molecule has 0 aliphatic heterocycles. The summed E-state index contributed by atoms with van der Waals surface area (Å²) in [4.78, 5) is 10.0. The van der Waals surface area contributed by atoms with Gasteiger partial charge in [-0.3, -0.25) is 10.1 Å². The van der Waals surface area contributed by atoms with Crippen molar-refractivity contribution in [1.29, 1.82) is 0 Å². The SMILES string of the molecule is NCCC#Cc1ccc(N)c([N+](=O)[O-])c1. The van der Waals surface area contributed by atoms with Gasteiger partial charge in [0.25, 0.3) is 5.69 Å². The van der Waals surface area contributed by atoms with E-state index in [1.165, 1.54) is 12.1 Å². The van der Waals surface area contributed by atoms with Crippen LogP contribution in [0.5, 0.6) is 0 Å². The molecular weight excluding hydrogens is 194 g/mol. The number of nitro groups is 1. The Labute approximate surface area is 87.2 Å². The quantitative estimate of drug-likeness (QED) is 0.324. The Hall–Kier alpha value is -2.06. The first-order valence-corrected chi connectivity index (χ1v) is 4.38. The molecule has 0 unspecified atom stereocenters. The van der Waals surface area contributed by atoms with Crippen LogP contribution in [0.15, 0.2) is 18.2 Å². The molecule has 1 aromatic rings. The lowest BCUT2D eigenvalue weighted by atomic mass is 10.2. The van der Waals surface area contributed by atoms with Gasteiger partial charge in [-0.15, -0.1) is 0 Å². The molecule has 0 fully saturated rings. The van der Waals surface area contributed by atoms with Crippen molar-refractivity contribution in [2.75, 3.05) is 12.3 Å². The molecule has 1 rings (SSSR count). The van der Waals surface area contributed by atoms with Gasteiger partial charge in [-0.1, -0.05) is 11.8 Å². The summed E-state index contributed by atoms with van der Waals surface area (Å²) in [5.74, 6) is 5.58. The van der Waals surface area contributed by atoms with Crippen molar-refractivity contribution in [2.24, 2.45) is 5.73 Å². The van der Waals surface area contributed by atoms with Crippen LogP contribution in [0.25, 0.3) is 0 Å². The first-order chi connectivity index (χ1) is 7.15. The maximum Gasteiger partial charge on any atom is 0.293 e. The number of nitro benzene ring substituents is 1. The fourth-order valence-corrected chi connectivity index (χ4v) is 1.02. The van der Waals surface area contributed by atoms with Gasteiger partial charge in [0, 0.05) is 24.6 Å². The van der Waals surface area contributed by atoms with Gasteiger partial charge in [0.2, 0.25) is 0 Å². The standard InChI is InChI=1S/C10H11N3O2/c11-6-2-1-3-8-4-5-9(12)10(7-8)13(14)15/h4-5,7H,2,6,11-12H2. The van der Waals surface area contributed by atoms with E-state index in [1.807, 2.05) is 0 Å². The zero-order valence-corrected chi connectivity index (χ0v) is 8.06.